The molecule has 9 heteroatoms. The summed E-state index contributed by atoms with van der Waals surface area (Å²) in [5.41, 5.74) is 0. The van der Waals surface area contributed by atoms with E-state index in [0.717, 1.165) is 26.4 Å². The molecule has 0 aromatic rings. The van der Waals surface area contributed by atoms with E-state index < -0.39 is 32.9 Å². The molecule has 0 bridgehead atoms. The van der Waals surface area contributed by atoms with Gasteiger partial charge in [-0.05, 0) is 25.7 Å². The van der Waals surface area contributed by atoms with Gasteiger partial charge in [-0.25, -0.2) is 0 Å². The van der Waals surface area contributed by atoms with E-state index in [1.165, 1.54) is 25.7 Å². The van der Waals surface area contributed by atoms with Crippen LogP contribution in [0.5, 0.6) is 0 Å². The molecule has 0 radical (unpaired) electrons. The minimum Gasteiger partial charge on any atom is -0.668 e. The fourth-order valence-electron chi connectivity index (χ4n) is 3.03. The molecular weight excluding hydrogens is 586 g/mol. The Labute approximate surface area is 227 Å². The fourth-order valence-corrected chi connectivity index (χ4v) is 19.1. The molecule has 0 atom stereocenters. The van der Waals surface area contributed by atoms with Crippen LogP contribution in [0, 0.1) is 46.9 Å². The van der Waals surface area contributed by atoms with Crippen LogP contribution in [0.1, 0.15) is 25.7 Å². The molecule has 0 N–H and O–H groups in total. The van der Waals surface area contributed by atoms with Crippen LogP contribution < -0.4 is 0 Å². The second kappa shape index (κ2) is 17.7. The number of ether oxygens (including phenoxy) is 2. The number of hydrogen-bond acceptors (Lipinski definition) is 2. The van der Waals surface area contributed by atoms with Gasteiger partial charge in [-0.3, -0.25) is 0 Å². The molecule has 0 amide bonds. The van der Waals surface area contributed by atoms with Crippen molar-refractivity contribution in [3.8, 4) is 0 Å². The first-order valence-corrected chi connectivity index (χ1v) is 24.8. The first-order valence-electron chi connectivity index (χ1n) is 11.0. The summed E-state index contributed by atoms with van der Waals surface area (Å²) in [5, 5.41) is 0. The van der Waals surface area contributed by atoms with Gasteiger partial charge in [0.15, 0.2) is 0 Å². The molecule has 0 saturated carbocycles. The van der Waals surface area contributed by atoms with Crippen LogP contribution in [0.3, 0.4) is 0 Å². The van der Waals surface area contributed by atoms with Crippen molar-refractivity contribution in [1.29, 1.82) is 0 Å². The van der Waals surface area contributed by atoms with E-state index in [0.29, 0.717) is 0 Å². The molecule has 2 heterocycles. The van der Waals surface area contributed by atoms with Crippen LogP contribution in [0.25, 0.3) is 9.30 Å². The van der Waals surface area contributed by atoms with Crippen LogP contribution in [0.4, 0.5) is 0 Å². The summed E-state index contributed by atoms with van der Waals surface area (Å²) in [6.07, 6.45) is 5.11. The summed E-state index contributed by atoms with van der Waals surface area (Å²) in [5.74, 6) is 0. The number of nitrogens with zero attached hydrogens (tertiary/aromatic N) is 2. The molecule has 0 aliphatic carbocycles. The summed E-state index contributed by atoms with van der Waals surface area (Å²) < 4.78 is 19.5. The summed E-state index contributed by atoms with van der Waals surface area (Å²) in [4.78, 5) is 0. The fraction of sp³-hybridized carbons (Fsp3) is 1.00. The van der Waals surface area contributed by atoms with Crippen molar-refractivity contribution in [2.24, 2.45) is 0 Å². The average Bonchev–Trinajstić information content (AvgIpc) is 3.11. The van der Waals surface area contributed by atoms with Crippen LogP contribution in [0.15, 0.2) is 0 Å². The van der Waals surface area contributed by atoms with Gasteiger partial charge in [0.05, 0.1) is 0 Å². The Morgan fingerprint density at radius 2 is 0.586 bits per heavy atom. The molecule has 0 aromatic heterocycles. The van der Waals surface area contributed by atoms with Crippen molar-refractivity contribution in [2.45, 2.75) is 104 Å². The largest absolute Gasteiger partial charge is 2.00 e. The van der Waals surface area contributed by atoms with E-state index in [4.69, 9.17) is 18.8 Å². The zero-order chi connectivity index (χ0) is 22.5. The second-order valence-corrected chi connectivity index (χ2v) is 30.7. The molecule has 4 nitrogen and oxygen atoms in total. The predicted octanol–water partition coefficient (Wildman–Crippen LogP) is 7.65. The second-order valence-electron chi connectivity index (χ2n) is 11.5. The van der Waals surface area contributed by atoms with E-state index in [-0.39, 0.29) is 46.9 Å². The minimum absolute atomic E-state index is 0. The van der Waals surface area contributed by atoms with Crippen LogP contribution >= 0.6 is 0 Å². The topological polar surface area (TPSA) is 46.7 Å². The van der Waals surface area contributed by atoms with Gasteiger partial charge in [0, 0.05) is 26.4 Å². The molecule has 2 saturated heterocycles. The SMILES string of the molecule is C1CCOC1.C1CCOC1.C[Si](C)(C)[N-][Si](C)(C)C.C[Si](C)(C)[N-][Si](C)(C)C.[Yb+2]. The molecule has 184 valence electrons. The Morgan fingerprint density at radius 3 is 0.621 bits per heavy atom. The normalized spacial score (nSPS) is 17.0. The van der Waals surface area contributed by atoms with Crippen molar-refractivity contribution in [1.82, 2.24) is 0 Å². The van der Waals surface area contributed by atoms with Crippen molar-refractivity contribution >= 4 is 32.9 Å². The van der Waals surface area contributed by atoms with Gasteiger partial charge in [-0.2, -0.15) is 0 Å². The van der Waals surface area contributed by atoms with Crippen LogP contribution in [0.2, 0.25) is 78.6 Å². The Morgan fingerprint density at radius 1 is 0.414 bits per heavy atom. The van der Waals surface area contributed by atoms with Gasteiger partial charge in [0.2, 0.25) is 0 Å². The van der Waals surface area contributed by atoms with Gasteiger partial charge >= 0.3 is 46.9 Å². The maximum absolute atomic E-state index is 4.94. The maximum Gasteiger partial charge on any atom is 2.00 e. The van der Waals surface area contributed by atoms with Crippen molar-refractivity contribution in [3.63, 3.8) is 0 Å². The predicted molar refractivity (Wildman–Crippen MR) is 140 cm³/mol. The number of hydrogen-bond donors (Lipinski definition) is 0. The third-order valence-corrected chi connectivity index (χ3v) is 13.7. The molecule has 0 unspecified atom stereocenters. The van der Waals surface area contributed by atoms with E-state index in [2.05, 4.69) is 78.6 Å². The minimum atomic E-state index is -1.11. The standard InChI is InChI=1S/2C6H18NSi2.2C4H8O.Yb/c2*1-8(2,3)7-9(4,5)6;2*1-2-4-5-3-1;/h2*1-6H3;2*1-4H2;/q2*-1;;;+2. The van der Waals surface area contributed by atoms with E-state index in [1.807, 2.05) is 0 Å². The zero-order valence-corrected chi connectivity index (χ0v) is 27.3. The number of rotatable bonds is 4. The smallest absolute Gasteiger partial charge is 0.668 e. The molecule has 2 aliphatic rings. The summed E-state index contributed by atoms with van der Waals surface area (Å²) in [7, 11) is -4.42. The van der Waals surface area contributed by atoms with Gasteiger partial charge in [-0.1, -0.05) is 112 Å². The molecule has 2 rings (SSSR count). The van der Waals surface area contributed by atoms with E-state index in [1.54, 1.807) is 0 Å². The first-order chi connectivity index (χ1) is 12.4. The zero-order valence-electron chi connectivity index (χ0n) is 21.6. The summed E-state index contributed by atoms with van der Waals surface area (Å²) in [6.45, 7) is 31.6. The van der Waals surface area contributed by atoms with Gasteiger partial charge in [-0.15, -0.1) is 0 Å². The Balaban J connectivity index is -0.000000316. The molecular formula is C20H52N2O2Si4Yb. The maximum atomic E-state index is 4.94. The Kier molecular flexibility index (Phi) is 21.8. The first kappa shape index (κ1) is 35.8. The Hall–Kier alpha value is 2.23. The van der Waals surface area contributed by atoms with Crippen LogP contribution in [-0.2, 0) is 9.47 Å². The molecule has 2 aliphatic heterocycles. The van der Waals surface area contributed by atoms with Crippen molar-refractivity contribution in [3.05, 3.63) is 9.30 Å². The average molecular weight is 638 g/mol. The molecule has 0 aromatic carbocycles. The molecule has 0 spiro atoms. The Bertz CT molecular complexity index is 293. The quantitative estimate of drug-likeness (QED) is 0.297. The van der Waals surface area contributed by atoms with Crippen molar-refractivity contribution in [2.75, 3.05) is 26.4 Å². The van der Waals surface area contributed by atoms with Crippen molar-refractivity contribution < 1.29 is 56.4 Å². The monoisotopic (exact) mass is 638 g/mol. The summed E-state index contributed by atoms with van der Waals surface area (Å²) in [6, 6.07) is 0. The van der Waals surface area contributed by atoms with E-state index >= 15 is 0 Å². The van der Waals surface area contributed by atoms with E-state index in [9.17, 15) is 0 Å². The molecule has 2 fully saturated rings. The van der Waals surface area contributed by atoms with Gasteiger partial charge in [0.1, 0.15) is 0 Å². The van der Waals surface area contributed by atoms with Gasteiger partial charge < -0.3 is 18.8 Å². The molecule has 29 heavy (non-hydrogen) atoms. The third kappa shape index (κ3) is 41.0. The van der Waals surface area contributed by atoms with Gasteiger partial charge in [0.25, 0.3) is 0 Å². The van der Waals surface area contributed by atoms with Crippen LogP contribution in [-0.4, -0.2) is 59.4 Å². The summed E-state index contributed by atoms with van der Waals surface area (Å²) >= 11 is 0. The third-order valence-electron chi connectivity index (χ3n) is 3.00.